The third-order valence-corrected chi connectivity index (χ3v) is 4.03. The van der Waals surface area contributed by atoms with E-state index in [-0.39, 0.29) is 18.9 Å². The van der Waals surface area contributed by atoms with E-state index in [9.17, 15) is 13.2 Å². The lowest BCUT2D eigenvalue weighted by molar-refractivity contribution is -0.168. The quantitative estimate of drug-likeness (QED) is 0.828. The van der Waals surface area contributed by atoms with Gasteiger partial charge >= 0.3 is 6.18 Å². The number of halogens is 3. The molecule has 0 bridgehead atoms. The minimum atomic E-state index is -4.08. The average molecular weight is 250 g/mol. The fraction of sp³-hybridized carbons (Fsp3) is 1.00. The summed E-state index contributed by atoms with van der Waals surface area (Å²) in [6.07, 6.45) is -1.92. The summed E-state index contributed by atoms with van der Waals surface area (Å²) in [5, 5.41) is 2.85. The van der Waals surface area contributed by atoms with Gasteiger partial charge < -0.3 is 10.2 Å². The molecule has 2 nitrogen and oxygen atoms in total. The maximum absolute atomic E-state index is 12.8. The highest BCUT2D eigenvalue weighted by molar-refractivity contribution is 5.09. The van der Waals surface area contributed by atoms with Gasteiger partial charge in [0.25, 0.3) is 0 Å². The van der Waals surface area contributed by atoms with Crippen molar-refractivity contribution in [3.63, 3.8) is 0 Å². The van der Waals surface area contributed by atoms with E-state index in [4.69, 9.17) is 0 Å². The van der Waals surface area contributed by atoms with Gasteiger partial charge in [0.2, 0.25) is 0 Å². The molecule has 1 saturated heterocycles. The van der Waals surface area contributed by atoms with Crippen LogP contribution in [0.25, 0.3) is 0 Å². The van der Waals surface area contributed by atoms with Crippen LogP contribution in [0.5, 0.6) is 0 Å². The predicted molar refractivity (Wildman–Crippen MR) is 60.9 cm³/mol. The van der Waals surface area contributed by atoms with Crippen molar-refractivity contribution in [2.75, 3.05) is 13.1 Å². The standard InChI is InChI=1S/C12H21F3N2/c1-9(2)17-7-3-10(4-8-17)16-11(5-6-11)12(13,14)15/h9-10,16H,3-8H2,1-2H3. The number of rotatable bonds is 3. The van der Waals surface area contributed by atoms with Crippen LogP contribution in [-0.4, -0.2) is 41.8 Å². The van der Waals surface area contributed by atoms with Crippen LogP contribution in [0.4, 0.5) is 13.2 Å². The Morgan fingerprint density at radius 1 is 1.18 bits per heavy atom. The molecule has 0 aromatic rings. The highest BCUT2D eigenvalue weighted by Gasteiger charge is 2.63. The van der Waals surface area contributed by atoms with Gasteiger partial charge in [0.15, 0.2) is 0 Å². The van der Waals surface area contributed by atoms with Gasteiger partial charge in [-0.2, -0.15) is 13.2 Å². The lowest BCUT2D eigenvalue weighted by Crippen LogP contribution is -2.53. The molecule has 1 aliphatic heterocycles. The zero-order valence-corrected chi connectivity index (χ0v) is 10.5. The monoisotopic (exact) mass is 250 g/mol. The molecule has 0 amide bonds. The number of piperidine rings is 1. The molecule has 5 heteroatoms. The van der Waals surface area contributed by atoms with Crippen LogP contribution in [0.3, 0.4) is 0 Å². The van der Waals surface area contributed by atoms with Crippen LogP contribution in [-0.2, 0) is 0 Å². The van der Waals surface area contributed by atoms with Crippen LogP contribution in [0, 0.1) is 0 Å². The molecular weight excluding hydrogens is 229 g/mol. The lowest BCUT2D eigenvalue weighted by atomic mass is 10.0. The third-order valence-electron chi connectivity index (χ3n) is 4.03. The molecule has 1 saturated carbocycles. The van der Waals surface area contributed by atoms with E-state index < -0.39 is 11.7 Å². The molecule has 0 radical (unpaired) electrons. The maximum Gasteiger partial charge on any atom is 0.406 e. The molecule has 0 aromatic carbocycles. The number of nitrogens with zero attached hydrogens (tertiary/aromatic N) is 1. The molecule has 0 atom stereocenters. The van der Waals surface area contributed by atoms with Gasteiger partial charge in [-0.1, -0.05) is 0 Å². The molecule has 0 aromatic heterocycles. The number of hydrogen-bond donors (Lipinski definition) is 1. The SMILES string of the molecule is CC(C)N1CCC(NC2(C(F)(F)F)CC2)CC1. The van der Waals surface area contributed by atoms with Crippen molar-refractivity contribution < 1.29 is 13.2 Å². The minimum absolute atomic E-state index is 0.0362. The fourth-order valence-electron chi connectivity index (χ4n) is 2.59. The van der Waals surface area contributed by atoms with Crippen LogP contribution < -0.4 is 5.32 Å². The highest BCUT2D eigenvalue weighted by Crippen LogP contribution is 2.49. The molecule has 100 valence electrons. The van der Waals surface area contributed by atoms with Crippen molar-refractivity contribution in [3.8, 4) is 0 Å². The Bertz CT molecular complexity index is 263. The van der Waals surface area contributed by atoms with Gasteiger partial charge in [-0.05, 0) is 52.6 Å². The van der Waals surface area contributed by atoms with Crippen molar-refractivity contribution in [2.45, 2.75) is 63.3 Å². The summed E-state index contributed by atoms with van der Waals surface area (Å²) in [6, 6.07) is 0.530. The molecule has 1 N–H and O–H groups in total. The van der Waals surface area contributed by atoms with Crippen molar-refractivity contribution in [1.29, 1.82) is 0 Å². The van der Waals surface area contributed by atoms with E-state index in [1.54, 1.807) is 0 Å². The number of alkyl halides is 3. The Kier molecular flexibility index (Phi) is 3.42. The second-order valence-corrected chi connectivity index (χ2v) is 5.63. The van der Waals surface area contributed by atoms with E-state index in [1.165, 1.54) is 0 Å². The van der Waals surface area contributed by atoms with Gasteiger partial charge in [-0.15, -0.1) is 0 Å². The summed E-state index contributed by atoms with van der Waals surface area (Å²) >= 11 is 0. The molecule has 0 unspecified atom stereocenters. The largest absolute Gasteiger partial charge is 0.406 e. The Hall–Kier alpha value is -0.290. The normalized spacial score (nSPS) is 26.5. The van der Waals surface area contributed by atoms with Gasteiger partial charge in [0.05, 0.1) is 0 Å². The first-order valence-electron chi connectivity index (χ1n) is 6.42. The molecule has 17 heavy (non-hydrogen) atoms. The summed E-state index contributed by atoms with van der Waals surface area (Å²) < 4.78 is 38.3. The highest BCUT2D eigenvalue weighted by atomic mass is 19.4. The van der Waals surface area contributed by atoms with Gasteiger partial charge in [0, 0.05) is 12.1 Å². The first kappa shape index (κ1) is 13.1. The Morgan fingerprint density at radius 2 is 1.71 bits per heavy atom. The smallest absolute Gasteiger partial charge is 0.301 e. The lowest BCUT2D eigenvalue weighted by Gasteiger charge is -2.37. The fourth-order valence-corrected chi connectivity index (χ4v) is 2.59. The van der Waals surface area contributed by atoms with Crippen molar-refractivity contribution >= 4 is 0 Å². The molecule has 2 aliphatic rings. The molecule has 2 rings (SSSR count). The molecule has 0 spiro atoms. The van der Waals surface area contributed by atoms with Crippen LogP contribution in [0.2, 0.25) is 0 Å². The molecule has 1 heterocycles. The van der Waals surface area contributed by atoms with Crippen molar-refractivity contribution in [3.05, 3.63) is 0 Å². The topological polar surface area (TPSA) is 15.3 Å². The summed E-state index contributed by atoms with van der Waals surface area (Å²) in [5.41, 5.74) is -1.54. The van der Waals surface area contributed by atoms with E-state index in [2.05, 4.69) is 24.1 Å². The van der Waals surface area contributed by atoms with Crippen LogP contribution >= 0.6 is 0 Å². The first-order valence-corrected chi connectivity index (χ1v) is 6.42. The predicted octanol–water partition coefficient (Wildman–Crippen LogP) is 2.54. The maximum atomic E-state index is 12.8. The molecule has 2 fully saturated rings. The molecular formula is C12H21F3N2. The number of likely N-dealkylation sites (tertiary alicyclic amines) is 1. The second-order valence-electron chi connectivity index (χ2n) is 5.63. The van der Waals surface area contributed by atoms with E-state index in [0.29, 0.717) is 6.04 Å². The second kappa shape index (κ2) is 4.43. The van der Waals surface area contributed by atoms with Crippen molar-refractivity contribution in [1.82, 2.24) is 10.2 Å². The minimum Gasteiger partial charge on any atom is -0.301 e. The Balaban J connectivity index is 1.83. The zero-order valence-electron chi connectivity index (χ0n) is 10.5. The van der Waals surface area contributed by atoms with Gasteiger partial charge in [0.1, 0.15) is 5.54 Å². The Morgan fingerprint density at radius 3 is 2.06 bits per heavy atom. The number of hydrogen-bond acceptors (Lipinski definition) is 2. The van der Waals surface area contributed by atoms with E-state index >= 15 is 0 Å². The van der Waals surface area contributed by atoms with Gasteiger partial charge in [-0.25, -0.2) is 0 Å². The van der Waals surface area contributed by atoms with Gasteiger partial charge in [-0.3, -0.25) is 0 Å². The first-order chi connectivity index (χ1) is 7.84. The summed E-state index contributed by atoms with van der Waals surface area (Å²) in [4.78, 5) is 2.32. The summed E-state index contributed by atoms with van der Waals surface area (Å²) in [5.74, 6) is 0. The zero-order chi connectivity index (χ0) is 12.7. The van der Waals surface area contributed by atoms with Crippen LogP contribution in [0.1, 0.15) is 39.5 Å². The third kappa shape index (κ3) is 2.76. The molecule has 1 aliphatic carbocycles. The Labute approximate surface area is 101 Å². The summed E-state index contributed by atoms with van der Waals surface area (Å²) in [6.45, 7) is 6.07. The average Bonchev–Trinajstić information content (AvgIpc) is 2.98. The van der Waals surface area contributed by atoms with E-state index in [0.717, 1.165) is 25.9 Å². The number of nitrogens with one attached hydrogen (secondary N) is 1. The summed E-state index contributed by atoms with van der Waals surface area (Å²) in [7, 11) is 0. The van der Waals surface area contributed by atoms with E-state index in [1.807, 2.05) is 0 Å². The van der Waals surface area contributed by atoms with Crippen LogP contribution in [0.15, 0.2) is 0 Å². The van der Waals surface area contributed by atoms with Crippen molar-refractivity contribution in [2.24, 2.45) is 0 Å².